The van der Waals surface area contributed by atoms with Gasteiger partial charge in [0, 0.05) is 6.04 Å². The van der Waals surface area contributed by atoms with Gasteiger partial charge in [-0.1, -0.05) is 19.8 Å². The van der Waals surface area contributed by atoms with Gasteiger partial charge in [-0.25, -0.2) is 0 Å². The van der Waals surface area contributed by atoms with E-state index in [0.29, 0.717) is 6.42 Å². The first-order valence-electron chi connectivity index (χ1n) is 4.62. The van der Waals surface area contributed by atoms with Crippen LogP contribution in [0.3, 0.4) is 0 Å². The van der Waals surface area contributed by atoms with Gasteiger partial charge in [0.1, 0.15) is 0 Å². The number of carboxylic acid groups (broad SMARTS) is 1. The SMILES string of the molecule is CC[C@]1(C(=O)O)CCCC[C@H]1N. The van der Waals surface area contributed by atoms with Crippen molar-refractivity contribution in [2.75, 3.05) is 0 Å². The van der Waals surface area contributed by atoms with Gasteiger partial charge >= 0.3 is 5.97 Å². The summed E-state index contributed by atoms with van der Waals surface area (Å²) in [7, 11) is 0. The van der Waals surface area contributed by atoms with Crippen molar-refractivity contribution in [3.8, 4) is 0 Å². The third-order valence-electron chi connectivity index (χ3n) is 3.15. The highest BCUT2D eigenvalue weighted by Crippen LogP contribution is 2.38. The normalized spacial score (nSPS) is 36.3. The summed E-state index contributed by atoms with van der Waals surface area (Å²) in [5.41, 5.74) is 5.22. The molecule has 1 aliphatic rings. The zero-order valence-electron chi connectivity index (χ0n) is 7.55. The molecule has 0 amide bonds. The Morgan fingerprint density at radius 3 is 2.67 bits per heavy atom. The number of rotatable bonds is 2. The molecule has 70 valence electrons. The van der Waals surface area contributed by atoms with Crippen LogP contribution in [0.25, 0.3) is 0 Å². The lowest BCUT2D eigenvalue weighted by molar-refractivity contribution is -0.152. The Hall–Kier alpha value is -0.570. The molecule has 0 aromatic carbocycles. The molecular formula is C9H17NO2. The molecule has 3 N–H and O–H groups in total. The van der Waals surface area contributed by atoms with Gasteiger partial charge in [-0.3, -0.25) is 4.79 Å². The molecule has 0 heterocycles. The first-order valence-corrected chi connectivity index (χ1v) is 4.62. The Morgan fingerprint density at radius 1 is 1.67 bits per heavy atom. The summed E-state index contributed by atoms with van der Waals surface area (Å²) in [4.78, 5) is 11.0. The van der Waals surface area contributed by atoms with Crippen LogP contribution < -0.4 is 5.73 Å². The van der Waals surface area contributed by atoms with Crippen molar-refractivity contribution in [2.45, 2.75) is 45.1 Å². The molecule has 0 aromatic heterocycles. The maximum Gasteiger partial charge on any atom is 0.311 e. The number of hydrogen-bond acceptors (Lipinski definition) is 2. The standard InChI is InChI=1S/C9H17NO2/c1-2-9(8(11)12)6-4-3-5-7(9)10/h7H,2-6,10H2,1H3,(H,11,12)/t7-,9+/m1/s1. The van der Waals surface area contributed by atoms with Crippen LogP contribution in [0.1, 0.15) is 39.0 Å². The van der Waals surface area contributed by atoms with E-state index in [0.717, 1.165) is 25.7 Å². The van der Waals surface area contributed by atoms with E-state index in [2.05, 4.69) is 0 Å². The molecule has 2 atom stereocenters. The van der Waals surface area contributed by atoms with Gasteiger partial charge in [0.25, 0.3) is 0 Å². The van der Waals surface area contributed by atoms with Crippen LogP contribution in [0, 0.1) is 5.41 Å². The monoisotopic (exact) mass is 171 g/mol. The molecule has 0 aromatic rings. The molecule has 0 spiro atoms. The van der Waals surface area contributed by atoms with Crippen molar-refractivity contribution in [3.63, 3.8) is 0 Å². The third kappa shape index (κ3) is 1.33. The van der Waals surface area contributed by atoms with Crippen LogP contribution >= 0.6 is 0 Å². The van der Waals surface area contributed by atoms with E-state index >= 15 is 0 Å². The zero-order valence-corrected chi connectivity index (χ0v) is 7.55. The Kier molecular flexibility index (Phi) is 2.73. The Bertz CT molecular complexity index is 181. The molecule has 3 nitrogen and oxygen atoms in total. The predicted octanol–water partition coefficient (Wildman–Crippen LogP) is 1.37. The minimum atomic E-state index is -0.711. The lowest BCUT2D eigenvalue weighted by Gasteiger charge is -2.37. The van der Waals surface area contributed by atoms with E-state index in [-0.39, 0.29) is 6.04 Å². The second kappa shape index (κ2) is 3.44. The average molecular weight is 171 g/mol. The second-order valence-corrected chi connectivity index (χ2v) is 3.67. The van der Waals surface area contributed by atoms with Gasteiger partial charge in [-0.2, -0.15) is 0 Å². The molecule has 0 bridgehead atoms. The third-order valence-corrected chi connectivity index (χ3v) is 3.15. The molecule has 0 saturated heterocycles. The smallest absolute Gasteiger partial charge is 0.311 e. The first kappa shape index (κ1) is 9.52. The number of hydrogen-bond donors (Lipinski definition) is 2. The fraction of sp³-hybridized carbons (Fsp3) is 0.889. The van der Waals surface area contributed by atoms with Crippen molar-refractivity contribution in [1.29, 1.82) is 0 Å². The number of aliphatic carboxylic acids is 1. The summed E-state index contributed by atoms with van der Waals surface area (Å²) < 4.78 is 0. The molecule has 0 radical (unpaired) electrons. The zero-order chi connectivity index (χ0) is 9.19. The summed E-state index contributed by atoms with van der Waals surface area (Å²) in [6.45, 7) is 1.92. The largest absolute Gasteiger partial charge is 0.481 e. The number of carboxylic acids is 1. The van der Waals surface area contributed by atoms with Crippen LogP contribution in [0.4, 0.5) is 0 Å². The predicted molar refractivity (Wildman–Crippen MR) is 46.8 cm³/mol. The van der Waals surface area contributed by atoms with Gasteiger partial charge < -0.3 is 10.8 Å². The average Bonchev–Trinajstić information content (AvgIpc) is 2.05. The quantitative estimate of drug-likeness (QED) is 0.659. The minimum absolute atomic E-state index is 0.145. The molecule has 0 aliphatic heterocycles. The van der Waals surface area contributed by atoms with Crippen molar-refractivity contribution in [3.05, 3.63) is 0 Å². The van der Waals surface area contributed by atoms with E-state index < -0.39 is 11.4 Å². The second-order valence-electron chi connectivity index (χ2n) is 3.67. The summed E-state index contributed by atoms with van der Waals surface area (Å²) in [5.74, 6) is -0.711. The molecule has 1 fully saturated rings. The maximum absolute atomic E-state index is 11.0. The van der Waals surface area contributed by atoms with Crippen LogP contribution in [0.5, 0.6) is 0 Å². The summed E-state index contributed by atoms with van der Waals surface area (Å²) in [6.07, 6.45) is 4.35. The lowest BCUT2D eigenvalue weighted by Crippen LogP contribution is -2.49. The fourth-order valence-electron chi connectivity index (χ4n) is 2.12. The van der Waals surface area contributed by atoms with Crippen molar-refractivity contribution >= 4 is 5.97 Å². The maximum atomic E-state index is 11.0. The summed E-state index contributed by atoms with van der Waals surface area (Å²) in [6, 6.07) is -0.145. The highest BCUT2D eigenvalue weighted by atomic mass is 16.4. The number of carbonyl (C=O) groups is 1. The fourth-order valence-corrected chi connectivity index (χ4v) is 2.12. The van der Waals surface area contributed by atoms with E-state index in [4.69, 9.17) is 10.8 Å². The molecular weight excluding hydrogens is 154 g/mol. The van der Waals surface area contributed by atoms with E-state index in [1.807, 2.05) is 6.92 Å². The Morgan fingerprint density at radius 2 is 2.33 bits per heavy atom. The number of nitrogens with two attached hydrogens (primary N) is 1. The van der Waals surface area contributed by atoms with E-state index in [9.17, 15) is 4.79 Å². The molecule has 1 saturated carbocycles. The van der Waals surface area contributed by atoms with Gasteiger partial charge in [0.05, 0.1) is 5.41 Å². The Balaban J connectivity index is 2.81. The van der Waals surface area contributed by atoms with Crippen molar-refractivity contribution < 1.29 is 9.90 Å². The highest BCUT2D eigenvalue weighted by molar-refractivity contribution is 5.75. The molecule has 12 heavy (non-hydrogen) atoms. The lowest BCUT2D eigenvalue weighted by atomic mass is 9.69. The van der Waals surface area contributed by atoms with Gasteiger partial charge in [0.2, 0.25) is 0 Å². The van der Waals surface area contributed by atoms with Crippen molar-refractivity contribution in [1.82, 2.24) is 0 Å². The molecule has 3 heteroatoms. The van der Waals surface area contributed by atoms with Crippen LogP contribution in [0.2, 0.25) is 0 Å². The van der Waals surface area contributed by atoms with Crippen LogP contribution in [0.15, 0.2) is 0 Å². The van der Waals surface area contributed by atoms with Gasteiger partial charge in [0.15, 0.2) is 0 Å². The highest BCUT2D eigenvalue weighted by Gasteiger charge is 2.43. The summed E-state index contributed by atoms with van der Waals surface area (Å²) >= 11 is 0. The summed E-state index contributed by atoms with van der Waals surface area (Å²) in [5, 5.41) is 9.08. The molecule has 1 aliphatic carbocycles. The Labute approximate surface area is 72.9 Å². The minimum Gasteiger partial charge on any atom is -0.481 e. The van der Waals surface area contributed by atoms with E-state index in [1.54, 1.807) is 0 Å². The molecule has 1 rings (SSSR count). The topological polar surface area (TPSA) is 63.3 Å². The van der Waals surface area contributed by atoms with Gasteiger partial charge in [-0.05, 0) is 19.3 Å². The molecule has 0 unspecified atom stereocenters. The van der Waals surface area contributed by atoms with Gasteiger partial charge in [-0.15, -0.1) is 0 Å². The van der Waals surface area contributed by atoms with Crippen LogP contribution in [-0.4, -0.2) is 17.1 Å². The van der Waals surface area contributed by atoms with E-state index in [1.165, 1.54) is 0 Å². The van der Waals surface area contributed by atoms with Crippen LogP contribution in [-0.2, 0) is 4.79 Å². The van der Waals surface area contributed by atoms with Crippen molar-refractivity contribution in [2.24, 2.45) is 11.1 Å². The first-order chi connectivity index (χ1) is 5.63.